The third kappa shape index (κ3) is 1.09. The summed E-state index contributed by atoms with van der Waals surface area (Å²) in [5, 5.41) is 0. The third-order valence-electron chi connectivity index (χ3n) is 2.94. The van der Waals surface area contributed by atoms with Crippen LogP contribution in [0.15, 0.2) is 0 Å². The average Bonchev–Trinajstić information content (AvgIpc) is 1.87. The van der Waals surface area contributed by atoms with Crippen LogP contribution < -0.4 is 0 Å². The zero-order valence-electron chi connectivity index (χ0n) is 6.44. The monoisotopic (exact) mass is 251 g/mol. The van der Waals surface area contributed by atoms with Gasteiger partial charge in [-0.15, -0.1) is 0 Å². The van der Waals surface area contributed by atoms with Gasteiger partial charge in [-0.25, -0.2) is 0 Å². The van der Waals surface area contributed by atoms with Crippen LogP contribution in [-0.2, 0) is 0 Å². The van der Waals surface area contributed by atoms with Crippen molar-refractivity contribution in [1.82, 2.24) is 4.90 Å². The Balaban J connectivity index is 2.15. The Bertz CT molecular complexity index is 136. The number of fused-ring (bicyclic) bond motifs is 3. The van der Waals surface area contributed by atoms with Gasteiger partial charge in [0.15, 0.2) is 0 Å². The van der Waals surface area contributed by atoms with Gasteiger partial charge in [0.25, 0.3) is 0 Å². The summed E-state index contributed by atoms with van der Waals surface area (Å²) in [6.45, 7) is 5.08. The first kappa shape index (κ1) is 7.35. The predicted molar refractivity (Wildman–Crippen MR) is 51.3 cm³/mol. The Morgan fingerprint density at radius 3 is 2.20 bits per heavy atom. The van der Waals surface area contributed by atoms with E-state index in [1.807, 2.05) is 0 Å². The van der Waals surface area contributed by atoms with Gasteiger partial charge >= 0.3 is 0 Å². The lowest BCUT2D eigenvalue weighted by Gasteiger charge is -2.49. The van der Waals surface area contributed by atoms with E-state index in [1.54, 1.807) is 0 Å². The first-order chi connectivity index (χ1) is 4.68. The molecule has 0 aliphatic carbocycles. The Kier molecular flexibility index (Phi) is 1.72. The maximum atomic E-state index is 2.63. The minimum absolute atomic E-state index is 0.499. The number of piperidine rings is 3. The van der Waals surface area contributed by atoms with Crippen molar-refractivity contribution in [2.75, 3.05) is 13.1 Å². The first-order valence-electron chi connectivity index (χ1n) is 4.12. The van der Waals surface area contributed by atoms with Crippen LogP contribution >= 0.6 is 22.6 Å². The van der Waals surface area contributed by atoms with Crippen LogP contribution in [0.25, 0.3) is 0 Å². The summed E-state index contributed by atoms with van der Waals surface area (Å²) in [5.41, 5.74) is 0. The standard InChI is InChI=1S/C8H14IN/c1-8(9)6-7-2-4-10(8)5-3-7/h7H,2-6H2,1H3. The van der Waals surface area contributed by atoms with E-state index in [9.17, 15) is 0 Å². The van der Waals surface area contributed by atoms with Crippen molar-refractivity contribution >= 4 is 22.6 Å². The van der Waals surface area contributed by atoms with Crippen LogP contribution in [0.1, 0.15) is 26.2 Å². The molecular weight excluding hydrogens is 237 g/mol. The van der Waals surface area contributed by atoms with E-state index in [0.717, 1.165) is 5.92 Å². The molecule has 1 nitrogen and oxygen atoms in total. The van der Waals surface area contributed by atoms with Crippen molar-refractivity contribution < 1.29 is 0 Å². The molecule has 2 heteroatoms. The minimum atomic E-state index is 0.499. The number of alkyl halides is 1. The molecule has 3 rings (SSSR count). The highest BCUT2D eigenvalue weighted by Crippen LogP contribution is 2.42. The molecule has 0 N–H and O–H groups in total. The number of halogens is 1. The quantitative estimate of drug-likeness (QED) is 0.362. The number of rotatable bonds is 0. The lowest BCUT2D eigenvalue weighted by molar-refractivity contribution is 0.0491. The molecular formula is C8H14IN. The maximum Gasteiger partial charge on any atom is 0.0704 e. The van der Waals surface area contributed by atoms with Crippen molar-refractivity contribution in [3.63, 3.8) is 0 Å². The van der Waals surface area contributed by atoms with Crippen molar-refractivity contribution in [2.24, 2.45) is 5.92 Å². The summed E-state index contributed by atoms with van der Waals surface area (Å²) < 4.78 is 0.499. The molecule has 1 unspecified atom stereocenters. The van der Waals surface area contributed by atoms with Crippen LogP contribution in [0, 0.1) is 5.92 Å². The van der Waals surface area contributed by atoms with E-state index in [1.165, 1.54) is 32.4 Å². The van der Waals surface area contributed by atoms with E-state index < -0.39 is 0 Å². The minimum Gasteiger partial charge on any atom is -0.289 e. The fourth-order valence-corrected chi connectivity index (χ4v) is 3.36. The van der Waals surface area contributed by atoms with E-state index in [4.69, 9.17) is 0 Å². The van der Waals surface area contributed by atoms with Crippen molar-refractivity contribution in [3.8, 4) is 0 Å². The normalized spacial score (nSPS) is 53.4. The van der Waals surface area contributed by atoms with Gasteiger partial charge in [-0.1, -0.05) is 22.6 Å². The Hall–Kier alpha value is 0.690. The maximum absolute atomic E-state index is 2.63. The molecule has 0 aromatic rings. The summed E-state index contributed by atoms with van der Waals surface area (Å²) in [6.07, 6.45) is 4.34. The molecule has 0 saturated carbocycles. The van der Waals surface area contributed by atoms with E-state index in [2.05, 4.69) is 34.4 Å². The number of nitrogens with zero attached hydrogens (tertiary/aromatic N) is 1. The zero-order valence-corrected chi connectivity index (χ0v) is 8.60. The second-order valence-electron chi connectivity index (χ2n) is 3.78. The number of hydrogen-bond acceptors (Lipinski definition) is 1. The molecule has 3 fully saturated rings. The van der Waals surface area contributed by atoms with Crippen molar-refractivity contribution in [3.05, 3.63) is 0 Å². The van der Waals surface area contributed by atoms with Crippen LogP contribution in [-0.4, -0.2) is 21.5 Å². The molecule has 3 heterocycles. The van der Waals surface area contributed by atoms with E-state index >= 15 is 0 Å². The van der Waals surface area contributed by atoms with Crippen LogP contribution in [0.3, 0.4) is 0 Å². The summed E-state index contributed by atoms with van der Waals surface area (Å²) in [5.74, 6) is 1.05. The molecule has 0 aromatic heterocycles. The molecule has 1 atom stereocenters. The second kappa shape index (κ2) is 2.34. The van der Waals surface area contributed by atoms with Gasteiger partial charge in [-0.3, -0.25) is 4.90 Å². The molecule has 0 radical (unpaired) electrons. The highest BCUT2D eigenvalue weighted by Gasteiger charge is 2.40. The average molecular weight is 251 g/mol. The molecule has 0 aromatic carbocycles. The van der Waals surface area contributed by atoms with Gasteiger partial charge in [-0.05, 0) is 45.2 Å². The predicted octanol–water partition coefficient (Wildman–Crippen LogP) is 2.25. The molecule has 58 valence electrons. The van der Waals surface area contributed by atoms with Crippen LogP contribution in [0.5, 0.6) is 0 Å². The Morgan fingerprint density at radius 1 is 1.40 bits per heavy atom. The lowest BCUT2D eigenvalue weighted by Crippen LogP contribution is -2.52. The van der Waals surface area contributed by atoms with Gasteiger partial charge in [0.2, 0.25) is 0 Å². The Morgan fingerprint density at radius 2 is 2.00 bits per heavy atom. The molecule has 3 saturated heterocycles. The molecule has 10 heavy (non-hydrogen) atoms. The first-order valence-corrected chi connectivity index (χ1v) is 5.20. The van der Waals surface area contributed by atoms with Crippen molar-refractivity contribution in [1.29, 1.82) is 0 Å². The highest BCUT2D eigenvalue weighted by atomic mass is 127. The van der Waals surface area contributed by atoms with Gasteiger partial charge < -0.3 is 0 Å². The number of hydrogen-bond donors (Lipinski definition) is 0. The molecule has 0 amide bonds. The fourth-order valence-electron chi connectivity index (χ4n) is 2.26. The smallest absolute Gasteiger partial charge is 0.0704 e. The molecule has 0 spiro atoms. The fraction of sp³-hybridized carbons (Fsp3) is 1.00. The van der Waals surface area contributed by atoms with E-state index in [0.29, 0.717) is 3.55 Å². The zero-order chi connectivity index (χ0) is 7.19. The molecule has 3 aliphatic rings. The largest absolute Gasteiger partial charge is 0.289 e. The van der Waals surface area contributed by atoms with Crippen molar-refractivity contribution in [2.45, 2.75) is 29.7 Å². The summed E-state index contributed by atoms with van der Waals surface area (Å²) in [6, 6.07) is 0. The molecule has 2 bridgehead atoms. The van der Waals surface area contributed by atoms with Gasteiger partial charge in [0, 0.05) is 0 Å². The third-order valence-corrected chi connectivity index (χ3v) is 4.06. The van der Waals surface area contributed by atoms with Crippen LogP contribution in [0.4, 0.5) is 0 Å². The Labute approximate surface area is 76.3 Å². The van der Waals surface area contributed by atoms with Gasteiger partial charge in [0.1, 0.15) is 0 Å². The summed E-state index contributed by atoms with van der Waals surface area (Å²) in [7, 11) is 0. The second-order valence-corrected chi connectivity index (χ2v) is 6.10. The summed E-state index contributed by atoms with van der Waals surface area (Å²) >= 11 is 2.61. The van der Waals surface area contributed by atoms with E-state index in [-0.39, 0.29) is 0 Å². The molecule has 3 aliphatic heterocycles. The SMILES string of the molecule is CC1(I)CC2CCN1CC2. The van der Waals surface area contributed by atoms with Crippen LogP contribution in [0.2, 0.25) is 0 Å². The topological polar surface area (TPSA) is 3.24 Å². The highest BCUT2D eigenvalue weighted by molar-refractivity contribution is 14.1. The lowest BCUT2D eigenvalue weighted by atomic mass is 9.84. The van der Waals surface area contributed by atoms with Gasteiger partial charge in [-0.2, -0.15) is 0 Å². The summed E-state index contributed by atoms with van der Waals surface area (Å²) in [4.78, 5) is 2.63. The van der Waals surface area contributed by atoms with Gasteiger partial charge in [0.05, 0.1) is 3.55 Å².